The highest BCUT2D eigenvalue weighted by Crippen LogP contribution is 2.43. The van der Waals surface area contributed by atoms with Gasteiger partial charge >= 0.3 is 0 Å². The number of nitrogens with two attached hydrogens (primary N) is 1. The van der Waals surface area contributed by atoms with Crippen LogP contribution in [0.5, 0.6) is 0 Å². The van der Waals surface area contributed by atoms with Crippen molar-refractivity contribution in [3.05, 3.63) is 57.6 Å². The van der Waals surface area contributed by atoms with Gasteiger partial charge < -0.3 is 11.1 Å². The molecule has 1 aromatic carbocycles. The highest BCUT2D eigenvalue weighted by Gasteiger charge is 2.28. The Morgan fingerprint density at radius 2 is 2.00 bits per heavy atom. The van der Waals surface area contributed by atoms with Crippen LogP contribution < -0.4 is 11.1 Å². The number of hydrogen-bond donors (Lipinski definition) is 2. The van der Waals surface area contributed by atoms with Crippen LogP contribution in [0, 0.1) is 6.92 Å². The van der Waals surface area contributed by atoms with Crippen molar-refractivity contribution in [1.29, 1.82) is 0 Å². The fourth-order valence-electron chi connectivity index (χ4n) is 3.93. The lowest BCUT2D eigenvalue weighted by Crippen LogP contribution is -2.31. The largest absolute Gasteiger partial charge is 0.380 e. The number of anilines is 1. The molecule has 0 bridgehead atoms. The van der Waals surface area contributed by atoms with E-state index in [2.05, 4.69) is 41.5 Å². The maximum absolute atomic E-state index is 6.45. The highest BCUT2D eigenvalue weighted by molar-refractivity contribution is 7.20. The molecule has 1 aliphatic carbocycles. The Hall–Kier alpha value is -1.62. The molecule has 4 rings (SSSR count). The first-order valence-corrected chi connectivity index (χ1v) is 10.5. The van der Waals surface area contributed by atoms with Gasteiger partial charge in [-0.1, -0.05) is 54.8 Å². The average molecular weight is 386 g/mol. The Balaban J connectivity index is 1.70. The van der Waals surface area contributed by atoms with Gasteiger partial charge in [0.05, 0.1) is 15.9 Å². The standard InChI is InChI=1S/C21H24ClN3S/c1-13-19-21(26-20(13)15-9-5-6-10-16(15)23)17(11-18(22)25-19)24-12-14-7-3-2-4-8-14/h2-4,7-8,11,15-16H,5-6,9-10,12,23H2,1H3,(H,24,25)/t15-,16-/m0/s1. The molecule has 0 radical (unpaired) electrons. The lowest BCUT2D eigenvalue weighted by atomic mass is 9.83. The van der Waals surface area contributed by atoms with Crippen molar-refractivity contribution in [3.8, 4) is 0 Å². The van der Waals surface area contributed by atoms with Crippen LogP contribution in [0.4, 0.5) is 5.69 Å². The van der Waals surface area contributed by atoms with E-state index >= 15 is 0 Å². The molecule has 2 aromatic heterocycles. The Bertz CT molecular complexity index is 907. The molecule has 3 nitrogen and oxygen atoms in total. The Kier molecular flexibility index (Phi) is 5.16. The van der Waals surface area contributed by atoms with Crippen LogP contribution in [-0.4, -0.2) is 11.0 Å². The van der Waals surface area contributed by atoms with Crippen molar-refractivity contribution < 1.29 is 0 Å². The van der Waals surface area contributed by atoms with Crippen LogP contribution in [0.15, 0.2) is 36.4 Å². The minimum absolute atomic E-state index is 0.256. The van der Waals surface area contributed by atoms with Crippen LogP contribution in [0.1, 0.15) is 47.6 Å². The fourth-order valence-corrected chi connectivity index (χ4v) is 5.57. The smallest absolute Gasteiger partial charge is 0.131 e. The van der Waals surface area contributed by atoms with Crippen LogP contribution in [0.25, 0.3) is 10.2 Å². The molecular formula is C21H24ClN3S. The number of rotatable bonds is 4. The van der Waals surface area contributed by atoms with Crippen molar-refractivity contribution >= 4 is 38.8 Å². The van der Waals surface area contributed by atoms with E-state index in [1.165, 1.54) is 40.0 Å². The number of aryl methyl sites for hydroxylation is 1. The second-order valence-electron chi connectivity index (χ2n) is 7.16. The van der Waals surface area contributed by atoms with Gasteiger partial charge in [0.15, 0.2) is 0 Å². The summed E-state index contributed by atoms with van der Waals surface area (Å²) in [6, 6.07) is 12.6. The molecule has 1 saturated carbocycles. The Morgan fingerprint density at radius 3 is 2.77 bits per heavy atom. The summed E-state index contributed by atoms with van der Waals surface area (Å²) in [5, 5.41) is 4.09. The van der Waals surface area contributed by atoms with E-state index in [-0.39, 0.29) is 6.04 Å². The summed E-state index contributed by atoms with van der Waals surface area (Å²) in [5.41, 5.74) is 11.0. The molecular weight excluding hydrogens is 362 g/mol. The van der Waals surface area contributed by atoms with Crippen molar-refractivity contribution in [2.75, 3.05) is 5.32 Å². The first-order chi connectivity index (χ1) is 12.6. The lowest BCUT2D eigenvalue weighted by Gasteiger charge is -2.28. The van der Waals surface area contributed by atoms with Gasteiger partial charge in [0.1, 0.15) is 5.15 Å². The maximum atomic E-state index is 6.45. The number of nitrogens with zero attached hydrogens (tertiary/aromatic N) is 1. The number of pyridine rings is 1. The SMILES string of the molecule is Cc1c([C@H]2CCCC[C@@H]2N)sc2c(NCc3ccccc3)cc(Cl)nc12. The molecule has 0 aliphatic heterocycles. The van der Waals surface area contributed by atoms with Crippen LogP contribution >= 0.6 is 22.9 Å². The van der Waals surface area contributed by atoms with Gasteiger partial charge in [-0.25, -0.2) is 4.98 Å². The molecule has 26 heavy (non-hydrogen) atoms. The number of thiophene rings is 1. The summed E-state index contributed by atoms with van der Waals surface area (Å²) in [5.74, 6) is 0.448. The van der Waals surface area contributed by atoms with Gasteiger partial charge in [-0.3, -0.25) is 0 Å². The second-order valence-corrected chi connectivity index (χ2v) is 8.59. The van der Waals surface area contributed by atoms with E-state index < -0.39 is 0 Å². The maximum Gasteiger partial charge on any atom is 0.131 e. The van der Waals surface area contributed by atoms with Gasteiger partial charge in [0.2, 0.25) is 0 Å². The number of fused-ring (bicyclic) bond motifs is 1. The summed E-state index contributed by atoms with van der Waals surface area (Å²) in [6.07, 6.45) is 4.80. The predicted molar refractivity (Wildman–Crippen MR) is 112 cm³/mol. The van der Waals surface area contributed by atoms with E-state index in [1.807, 2.05) is 23.5 Å². The van der Waals surface area contributed by atoms with Crippen molar-refractivity contribution in [3.63, 3.8) is 0 Å². The zero-order valence-corrected chi connectivity index (χ0v) is 16.5. The first kappa shape index (κ1) is 17.8. The van der Waals surface area contributed by atoms with Gasteiger partial charge in [-0.15, -0.1) is 11.3 Å². The van der Waals surface area contributed by atoms with E-state index in [0.717, 1.165) is 24.2 Å². The van der Waals surface area contributed by atoms with Crippen LogP contribution in [0.3, 0.4) is 0 Å². The van der Waals surface area contributed by atoms with Gasteiger partial charge in [0, 0.05) is 29.4 Å². The molecule has 136 valence electrons. The first-order valence-electron chi connectivity index (χ1n) is 9.26. The molecule has 0 amide bonds. The molecule has 1 fully saturated rings. The van der Waals surface area contributed by atoms with Gasteiger partial charge in [-0.05, 0) is 30.9 Å². The minimum atomic E-state index is 0.256. The van der Waals surface area contributed by atoms with Crippen molar-refractivity contribution in [2.45, 2.75) is 51.1 Å². The molecule has 2 heterocycles. The second kappa shape index (κ2) is 7.55. The number of benzene rings is 1. The van der Waals surface area contributed by atoms with Crippen molar-refractivity contribution in [2.24, 2.45) is 5.73 Å². The van der Waals surface area contributed by atoms with Crippen molar-refractivity contribution in [1.82, 2.24) is 4.98 Å². The average Bonchev–Trinajstić information content (AvgIpc) is 2.98. The van der Waals surface area contributed by atoms with E-state index in [1.54, 1.807) is 0 Å². The van der Waals surface area contributed by atoms with Crippen LogP contribution in [-0.2, 0) is 6.54 Å². The van der Waals surface area contributed by atoms with E-state index in [0.29, 0.717) is 11.1 Å². The Morgan fingerprint density at radius 1 is 1.23 bits per heavy atom. The summed E-state index contributed by atoms with van der Waals surface area (Å²) < 4.78 is 1.19. The molecule has 3 N–H and O–H groups in total. The summed E-state index contributed by atoms with van der Waals surface area (Å²) in [4.78, 5) is 6.02. The molecule has 2 atom stereocenters. The third-order valence-corrected chi connectivity index (χ3v) is 7.00. The third-order valence-electron chi connectivity index (χ3n) is 5.36. The topological polar surface area (TPSA) is 50.9 Å². The minimum Gasteiger partial charge on any atom is -0.380 e. The van der Waals surface area contributed by atoms with Gasteiger partial charge in [0.25, 0.3) is 0 Å². The molecule has 0 unspecified atom stereocenters. The predicted octanol–water partition coefficient (Wildman–Crippen LogP) is 5.86. The normalized spacial score (nSPS) is 20.4. The zero-order valence-electron chi connectivity index (χ0n) is 15.0. The monoisotopic (exact) mass is 385 g/mol. The number of halogens is 1. The number of aromatic nitrogens is 1. The quantitative estimate of drug-likeness (QED) is 0.553. The molecule has 0 saturated heterocycles. The summed E-state index contributed by atoms with van der Waals surface area (Å²) in [7, 11) is 0. The number of nitrogens with one attached hydrogen (secondary N) is 1. The van der Waals surface area contributed by atoms with Crippen LogP contribution in [0.2, 0.25) is 5.15 Å². The Labute approximate surface area is 163 Å². The third kappa shape index (κ3) is 3.46. The van der Waals surface area contributed by atoms with Gasteiger partial charge in [-0.2, -0.15) is 0 Å². The molecule has 3 aromatic rings. The molecule has 1 aliphatic rings. The summed E-state index contributed by atoms with van der Waals surface area (Å²) >= 11 is 8.17. The number of hydrogen-bond acceptors (Lipinski definition) is 4. The van der Waals surface area contributed by atoms with E-state index in [9.17, 15) is 0 Å². The molecule has 5 heteroatoms. The summed E-state index contributed by atoms with van der Waals surface area (Å²) in [6.45, 7) is 2.94. The molecule has 0 spiro atoms. The zero-order chi connectivity index (χ0) is 18.1. The van der Waals surface area contributed by atoms with E-state index in [4.69, 9.17) is 17.3 Å². The highest BCUT2D eigenvalue weighted by atomic mass is 35.5. The lowest BCUT2D eigenvalue weighted by molar-refractivity contribution is 0.389. The fraction of sp³-hybridized carbons (Fsp3) is 0.381.